The lowest BCUT2D eigenvalue weighted by Gasteiger charge is -2.31. The highest BCUT2D eigenvalue weighted by Gasteiger charge is 2.19. The summed E-state index contributed by atoms with van der Waals surface area (Å²) in [6, 6.07) is 13.0. The van der Waals surface area contributed by atoms with Crippen LogP contribution in [0.25, 0.3) is 0 Å². The Bertz CT molecular complexity index is 898. The number of hydrogen-bond acceptors (Lipinski definition) is 3. The van der Waals surface area contributed by atoms with E-state index in [0.717, 1.165) is 17.8 Å². The van der Waals surface area contributed by atoms with Crippen molar-refractivity contribution in [2.75, 3.05) is 18.9 Å². The van der Waals surface area contributed by atoms with Gasteiger partial charge in [-0.25, -0.2) is 0 Å². The first kappa shape index (κ1) is 22.6. The second-order valence-corrected chi connectivity index (χ2v) is 8.54. The van der Waals surface area contributed by atoms with Crippen molar-refractivity contribution in [3.05, 3.63) is 63.6 Å². The molecule has 5 nitrogen and oxygen atoms in total. The summed E-state index contributed by atoms with van der Waals surface area (Å²) in [6.07, 6.45) is 6.35. The molecule has 2 N–H and O–H groups in total. The van der Waals surface area contributed by atoms with Gasteiger partial charge in [0, 0.05) is 23.8 Å². The molecule has 0 saturated heterocycles. The van der Waals surface area contributed by atoms with Gasteiger partial charge in [0.15, 0.2) is 0 Å². The van der Waals surface area contributed by atoms with Gasteiger partial charge in [-0.05, 0) is 49.7 Å². The van der Waals surface area contributed by atoms with Crippen LogP contribution in [0.2, 0.25) is 10.0 Å². The summed E-state index contributed by atoms with van der Waals surface area (Å²) in [5, 5.41) is 6.20. The number of carbonyl (C=O) groups excluding carboxylic acids is 2. The van der Waals surface area contributed by atoms with Gasteiger partial charge in [-0.2, -0.15) is 0 Å². The largest absolute Gasteiger partial charge is 0.343 e. The van der Waals surface area contributed by atoms with Crippen molar-refractivity contribution in [3.8, 4) is 0 Å². The van der Waals surface area contributed by atoms with Gasteiger partial charge in [0.05, 0.1) is 16.6 Å². The summed E-state index contributed by atoms with van der Waals surface area (Å²) < 4.78 is 0. The van der Waals surface area contributed by atoms with Gasteiger partial charge in [-0.1, -0.05) is 60.7 Å². The van der Waals surface area contributed by atoms with E-state index in [4.69, 9.17) is 23.2 Å². The Hall–Kier alpha value is -2.08. The zero-order chi connectivity index (χ0) is 21.5. The summed E-state index contributed by atoms with van der Waals surface area (Å²) >= 11 is 11.8. The summed E-state index contributed by atoms with van der Waals surface area (Å²) in [4.78, 5) is 27.0. The van der Waals surface area contributed by atoms with Crippen LogP contribution < -0.4 is 10.6 Å². The molecular weight excluding hydrogens is 421 g/mol. The zero-order valence-electron chi connectivity index (χ0n) is 17.1. The van der Waals surface area contributed by atoms with Crippen LogP contribution in [-0.4, -0.2) is 36.3 Å². The third-order valence-corrected chi connectivity index (χ3v) is 6.24. The van der Waals surface area contributed by atoms with Crippen LogP contribution in [0, 0.1) is 0 Å². The van der Waals surface area contributed by atoms with Gasteiger partial charge in [-0.3, -0.25) is 14.5 Å². The van der Waals surface area contributed by atoms with Crippen LogP contribution >= 0.6 is 23.2 Å². The van der Waals surface area contributed by atoms with Crippen molar-refractivity contribution < 1.29 is 9.59 Å². The third-order valence-electron chi connectivity index (χ3n) is 5.50. The fourth-order valence-electron chi connectivity index (χ4n) is 3.79. The van der Waals surface area contributed by atoms with E-state index < -0.39 is 0 Å². The minimum atomic E-state index is -0.381. The van der Waals surface area contributed by atoms with Crippen LogP contribution in [0.5, 0.6) is 0 Å². The van der Waals surface area contributed by atoms with Crippen molar-refractivity contribution in [2.24, 2.45) is 0 Å². The van der Waals surface area contributed by atoms with E-state index in [-0.39, 0.29) is 18.4 Å². The van der Waals surface area contributed by atoms with Crippen molar-refractivity contribution in [3.63, 3.8) is 0 Å². The lowest BCUT2D eigenvalue weighted by atomic mass is 9.94. The molecule has 0 radical (unpaired) electrons. The molecule has 2 aromatic carbocycles. The van der Waals surface area contributed by atoms with Crippen LogP contribution in [0.4, 0.5) is 5.69 Å². The molecular formula is C23H27Cl2N3O2. The number of nitrogens with zero attached hydrogens (tertiary/aromatic N) is 1. The van der Waals surface area contributed by atoms with E-state index >= 15 is 0 Å². The maximum Gasteiger partial charge on any atom is 0.251 e. The Morgan fingerprint density at radius 1 is 1.03 bits per heavy atom. The molecule has 0 aromatic heterocycles. The first-order chi connectivity index (χ1) is 14.4. The molecule has 2 amide bonds. The Morgan fingerprint density at radius 3 is 2.50 bits per heavy atom. The molecule has 0 aliphatic heterocycles. The van der Waals surface area contributed by atoms with E-state index in [1.165, 1.54) is 38.2 Å². The highest BCUT2D eigenvalue weighted by Crippen LogP contribution is 2.25. The second kappa shape index (κ2) is 10.8. The van der Waals surface area contributed by atoms with Gasteiger partial charge in [0.25, 0.3) is 5.91 Å². The molecule has 30 heavy (non-hydrogen) atoms. The maximum absolute atomic E-state index is 12.4. The topological polar surface area (TPSA) is 61.4 Å². The van der Waals surface area contributed by atoms with Crippen molar-refractivity contribution in [1.29, 1.82) is 0 Å². The zero-order valence-corrected chi connectivity index (χ0v) is 18.6. The van der Waals surface area contributed by atoms with Gasteiger partial charge >= 0.3 is 0 Å². The van der Waals surface area contributed by atoms with E-state index in [2.05, 4.69) is 22.6 Å². The standard InChI is InChI=1S/C23H27Cl2N3O2/c1-28(18-8-3-2-4-9-18)15-17-7-5-6-10-21(17)27-22(29)14-26-23(30)16-11-12-19(24)20(25)13-16/h5-7,10-13,18H,2-4,8-9,14-15H2,1H3,(H,26,30)(H,27,29). The van der Waals surface area contributed by atoms with E-state index in [0.29, 0.717) is 21.7 Å². The van der Waals surface area contributed by atoms with E-state index in [9.17, 15) is 9.59 Å². The average Bonchev–Trinajstić information content (AvgIpc) is 2.76. The molecule has 160 valence electrons. The molecule has 1 aliphatic rings. The molecule has 1 aliphatic carbocycles. The fraction of sp³-hybridized carbons (Fsp3) is 0.391. The van der Waals surface area contributed by atoms with Gasteiger partial charge in [0.2, 0.25) is 5.91 Å². The minimum Gasteiger partial charge on any atom is -0.343 e. The predicted octanol–water partition coefficient (Wildman–Crippen LogP) is 5.13. The summed E-state index contributed by atoms with van der Waals surface area (Å²) in [5.41, 5.74) is 2.19. The summed E-state index contributed by atoms with van der Waals surface area (Å²) in [6.45, 7) is 0.641. The number of nitrogens with one attached hydrogen (secondary N) is 2. The molecule has 1 fully saturated rings. The third kappa shape index (κ3) is 6.21. The smallest absolute Gasteiger partial charge is 0.251 e. The van der Waals surface area contributed by atoms with Crippen molar-refractivity contribution >= 4 is 40.7 Å². The minimum absolute atomic E-state index is 0.133. The Balaban J connectivity index is 1.56. The lowest BCUT2D eigenvalue weighted by Crippen LogP contribution is -2.34. The average molecular weight is 448 g/mol. The molecule has 2 aromatic rings. The quantitative estimate of drug-likeness (QED) is 0.618. The first-order valence-electron chi connectivity index (χ1n) is 10.3. The number of benzene rings is 2. The number of halogens is 2. The normalized spacial score (nSPS) is 14.5. The lowest BCUT2D eigenvalue weighted by molar-refractivity contribution is -0.115. The number of amides is 2. The first-order valence-corrected chi connectivity index (χ1v) is 11.0. The van der Waals surface area contributed by atoms with Crippen LogP contribution in [-0.2, 0) is 11.3 Å². The number of carbonyl (C=O) groups is 2. The van der Waals surface area contributed by atoms with Gasteiger partial charge in [-0.15, -0.1) is 0 Å². The van der Waals surface area contributed by atoms with Gasteiger partial charge < -0.3 is 10.6 Å². The monoisotopic (exact) mass is 447 g/mol. The predicted molar refractivity (Wildman–Crippen MR) is 122 cm³/mol. The Morgan fingerprint density at radius 2 is 1.77 bits per heavy atom. The molecule has 0 atom stereocenters. The van der Waals surface area contributed by atoms with E-state index in [1.54, 1.807) is 12.1 Å². The number of anilines is 1. The molecule has 0 unspecified atom stereocenters. The van der Waals surface area contributed by atoms with Crippen molar-refractivity contribution in [2.45, 2.75) is 44.7 Å². The second-order valence-electron chi connectivity index (χ2n) is 7.72. The number of rotatable bonds is 7. The maximum atomic E-state index is 12.4. The van der Waals surface area contributed by atoms with E-state index in [1.807, 2.05) is 24.3 Å². The van der Waals surface area contributed by atoms with Crippen LogP contribution in [0.3, 0.4) is 0 Å². The van der Waals surface area contributed by atoms with Gasteiger partial charge in [0.1, 0.15) is 0 Å². The Labute approximate surface area is 187 Å². The molecule has 0 bridgehead atoms. The highest BCUT2D eigenvalue weighted by molar-refractivity contribution is 6.42. The summed E-state index contributed by atoms with van der Waals surface area (Å²) in [5.74, 6) is -0.662. The molecule has 1 saturated carbocycles. The Kier molecular flexibility index (Phi) is 8.14. The number of para-hydroxylation sites is 1. The van der Waals surface area contributed by atoms with Crippen LogP contribution in [0.15, 0.2) is 42.5 Å². The number of hydrogen-bond donors (Lipinski definition) is 2. The molecule has 0 heterocycles. The fourth-order valence-corrected chi connectivity index (χ4v) is 4.09. The van der Waals surface area contributed by atoms with Crippen molar-refractivity contribution in [1.82, 2.24) is 10.2 Å². The molecule has 7 heteroatoms. The molecule has 0 spiro atoms. The SMILES string of the molecule is CN(Cc1ccccc1NC(=O)CNC(=O)c1ccc(Cl)c(Cl)c1)C1CCCCC1. The highest BCUT2D eigenvalue weighted by atomic mass is 35.5. The summed E-state index contributed by atoms with van der Waals surface area (Å²) in [7, 11) is 2.14. The molecule has 3 rings (SSSR count). The van der Waals surface area contributed by atoms with Crippen LogP contribution in [0.1, 0.15) is 48.0 Å².